The highest BCUT2D eigenvalue weighted by Crippen LogP contribution is 2.37. The summed E-state index contributed by atoms with van der Waals surface area (Å²) < 4.78 is 0. The number of allylic oxidation sites excluding steroid dienone is 2. The van der Waals surface area contributed by atoms with Crippen molar-refractivity contribution in [1.29, 1.82) is 0 Å². The Morgan fingerprint density at radius 3 is 2.20 bits per heavy atom. The predicted molar refractivity (Wildman–Crippen MR) is 118 cm³/mol. The summed E-state index contributed by atoms with van der Waals surface area (Å²) in [5, 5.41) is 2.14. The fourth-order valence-electron chi connectivity index (χ4n) is 4.63. The van der Waals surface area contributed by atoms with Crippen LogP contribution in [-0.2, 0) is 14.4 Å². The van der Waals surface area contributed by atoms with Crippen LogP contribution in [0.1, 0.15) is 33.1 Å². The quantitative estimate of drug-likeness (QED) is 0.555. The van der Waals surface area contributed by atoms with E-state index >= 15 is 0 Å². The van der Waals surface area contributed by atoms with Crippen LogP contribution in [0.25, 0.3) is 10.8 Å². The molecule has 0 saturated carbocycles. The van der Waals surface area contributed by atoms with Crippen molar-refractivity contribution >= 4 is 34.2 Å². The third-order valence-electron chi connectivity index (χ3n) is 6.28. The number of imide groups is 1. The van der Waals surface area contributed by atoms with Crippen molar-refractivity contribution in [2.75, 3.05) is 11.9 Å². The second-order valence-electron chi connectivity index (χ2n) is 8.78. The van der Waals surface area contributed by atoms with E-state index in [4.69, 9.17) is 0 Å². The average Bonchev–Trinajstić information content (AvgIpc) is 3.01. The molecule has 3 unspecified atom stereocenters. The average molecular weight is 405 g/mol. The minimum Gasteiger partial charge on any atom is -0.314 e. The minimum atomic E-state index is -0.771. The van der Waals surface area contributed by atoms with Gasteiger partial charge in [-0.25, -0.2) is 0 Å². The van der Waals surface area contributed by atoms with Gasteiger partial charge in [-0.15, -0.1) is 0 Å². The van der Waals surface area contributed by atoms with Crippen LogP contribution in [0.4, 0.5) is 5.69 Å². The van der Waals surface area contributed by atoms with E-state index in [1.807, 2.05) is 68.5 Å². The zero-order valence-corrected chi connectivity index (χ0v) is 17.7. The molecule has 3 amide bonds. The highest BCUT2D eigenvalue weighted by atomic mass is 16.2. The predicted octanol–water partition coefficient (Wildman–Crippen LogP) is 4.17. The Bertz CT molecular complexity index is 1000. The molecule has 1 heterocycles. The van der Waals surface area contributed by atoms with E-state index in [1.165, 1.54) is 4.90 Å². The molecular weight excluding hydrogens is 376 g/mol. The lowest BCUT2D eigenvalue weighted by Crippen LogP contribution is -2.51. The second kappa shape index (κ2) is 8.05. The first-order valence-electron chi connectivity index (χ1n) is 10.7. The maximum atomic E-state index is 13.6. The van der Waals surface area contributed by atoms with E-state index in [0.29, 0.717) is 19.3 Å². The SMILES string of the molecule is CC(C)CC(C(=O)N(C)c1ccc2ccccc2c1)N1C(=O)C2CC=CCC2C1=O. The number of likely N-dealkylation sites (N-methyl/N-ethyl adjacent to an activating group) is 1. The topological polar surface area (TPSA) is 57.7 Å². The summed E-state index contributed by atoms with van der Waals surface area (Å²) in [6.07, 6.45) is 5.55. The van der Waals surface area contributed by atoms with Gasteiger partial charge >= 0.3 is 0 Å². The molecule has 2 aliphatic rings. The molecule has 30 heavy (non-hydrogen) atoms. The maximum Gasteiger partial charge on any atom is 0.250 e. The molecule has 0 aromatic heterocycles. The van der Waals surface area contributed by atoms with Crippen LogP contribution in [0.3, 0.4) is 0 Å². The van der Waals surface area contributed by atoms with Crippen molar-refractivity contribution in [1.82, 2.24) is 4.90 Å². The van der Waals surface area contributed by atoms with Crippen LogP contribution < -0.4 is 4.90 Å². The number of likely N-dealkylation sites (tertiary alicyclic amines) is 1. The maximum absolute atomic E-state index is 13.6. The third kappa shape index (κ3) is 3.53. The first-order chi connectivity index (χ1) is 14.4. The highest BCUT2D eigenvalue weighted by molar-refractivity contribution is 6.10. The summed E-state index contributed by atoms with van der Waals surface area (Å²) in [7, 11) is 1.72. The Labute approximate surface area is 177 Å². The number of carbonyl (C=O) groups is 3. The first kappa shape index (κ1) is 20.3. The third-order valence-corrected chi connectivity index (χ3v) is 6.28. The second-order valence-corrected chi connectivity index (χ2v) is 8.78. The Balaban J connectivity index is 1.65. The standard InChI is InChI=1S/C25H28N2O3/c1-16(2)14-22(27-23(28)20-10-6-7-11-21(20)24(27)29)25(30)26(3)19-13-12-17-8-4-5-9-18(17)15-19/h4-9,12-13,15-16,20-22H,10-11,14H2,1-3H3. The number of amides is 3. The van der Waals surface area contributed by atoms with Gasteiger partial charge in [-0.3, -0.25) is 19.3 Å². The fourth-order valence-corrected chi connectivity index (χ4v) is 4.63. The molecule has 2 aromatic rings. The van der Waals surface area contributed by atoms with Gasteiger partial charge in [-0.05, 0) is 48.1 Å². The molecule has 1 aliphatic heterocycles. The molecule has 1 aliphatic carbocycles. The van der Waals surface area contributed by atoms with Gasteiger partial charge in [0.1, 0.15) is 6.04 Å². The van der Waals surface area contributed by atoms with E-state index in [9.17, 15) is 14.4 Å². The van der Waals surface area contributed by atoms with E-state index < -0.39 is 6.04 Å². The molecule has 156 valence electrons. The van der Waals surface area contributed by atoms with Crippen molar-refractivity contribution in [3.8, 4) is 0 Å². The van der Waals surface area contributed by atoms with Crippen LogP contribution in [-0.4, -0.2) is 35.7 Å². The summed E-state index contributed by atoms with van der Waals surface area (Å²) in [6.45, 7) is 4.02. The van der Waals surface area contributed by atoms with Crippen molar-refractivity contribution < 1.29 is 14.4 Å². The van der Waals surface area contributed by atoms with Gasteiger partial charge in [0.2, 0.25) is 17.7 Å². The lowest BCUT2D eigenvalue weighted by Gasteiger charge is -2.31. The van der Waals surface area contributed by atoms with Gasteiger partial charge in [-0.2, -0.15) is 0 Å². The minimum absolute atomic E-state index is 0.172. The summed E-state index contributed by atoms with van der Waals surface area (Å²) in [6, 6.07) is 13.1. The van der Waals surface area contributed by atoms with Crippen LogP contribution in [0, 0.1) is 17.8 Å². The van der Waals surface area contributed by atoms with E-state index in [-0.39, 0.29) is 35.5 Å². The van der Waals surface area contributed by atoms with Gasteiger partial charge < -0.3 is 4.90 Å². The van der Waals surface area contributed by atoms with Gasteiger partial charge in [0.05, 0.1) is 11.8 Å². The number of hydrogen-bond acceptors (Lipinski definition) is 3. The van der Waals surface area contributed by atoms with E-state index in [1.54, 1.807) is 11.9 Å². The molecule has 0 radical (unpaired) electrons. The number of hydrogen-bond donors (Lipinski definition) is 0. The number of benzene rings is 2. The molecule has 5 heteroatoms. The Morgan fingerprint density at radius 1 is 1.00 bits per heavy atom. The Morgan fingerprint density at radius 2 is 1.60 bits per heavy atom. The molecule has 1 fully saturated rings. The number of anilines is 1. The van der Waals surface area contributed by atoms with Crippen molar-refractivity contribution in [3.63, 3.8) is 0 Å². The fraction of sp³-hybridized carbons (Fsp3) is 0.400. The number of carbonyl (C=O) groups excluding carboxylic acids is 3. The van der Waals surface area contributed by atoms with Crippen LogP contribution in [0.2, 0.25) is 0 Å². The van der Waals surface area contributed by atoms with Crippen molar-refractivity contribution in [2.45, 2.75) is 39.2 Å². The Hall–Kier alpha value is -2.95. The molecule has 4 rings (SSSR count). The molecule has 1 saturated heterocycles. The first-order valence-corrected chi connectivity index (χ1v) is 10.7. The number of nitrogens with zero attached hydrogens (tertiary/aromatic N) is 2. The van der Waals surface area contributed by atoms with Crippen LogP contribution in [0.5, 0.6) is 0 Å². The lowest BCUT2D eigenvalue weighted by atomic mass is 9.85. The smallest absolute Gasteiger partial charge is 0.250 e. The normalized spacial score (nSPS) is 21.9. The van der Waals surface area contributed by atoms with E-state index in [0.717, 1.165) is 16.5 Å². The molecular formula is C25H28N2O3. The zero-order chi connectivity index (χ0) is 21.4. The molecule has 5 nitrogen and oxygen atoms in total. The monoisotopic (exact) mass is 404 g/mol. The summed E-state index contributed by atoms with van der Waals surface area (Å²) in [4.78, 5) is 42.7. The summed E-state index contributed by atoms with van der Waals surface area (Å²) in [5.41, 5.74) is 0.755. The van der Waals surface area contributed by atoms with Crippen LogP contribution in [0.15, 0.2) is 54.6 Å². The molecule has 2 aromatic carbocycles. The lowest BCUT2D eigenvalue weighted by molar-refractivity contribution is -0.147. The van der Waals surface area contributed by atoms with Gasteiger partial charge in [0.15, 0.2) is 0 Å². The largest absolute Gasteiger partial charge is 0.314 e. The molecule has 0 N–H and O–H groups in total. The summed E-state index contributed by atoms with van der Waals surface area (Å²) in [5.74, 6) is -1.08. The molecule has 0 bridgehead atoms. The van der Waals surface area contributed by atoms with Gasteiger partial charge in [0, 0.05) is 12.7 Å². The van der Waals surface area contributed by atoms with Gasteiger partial charge in [0.25, 0.3) is 0 Å². The highest BCUT2D eigenvalue weighted by Gasteiger charge is 2.51. The number of fused-ring (bicyclic) bond motifs is 2. The molecule has 0 spiro atoms. The van der Waals surface area contributed by atoms with Gasteiger partial charge in [-0.1, -0.05) is 56.3 Å². The van der Waals surface area contributed by atoms with Crippen molar-refractivity contribution in [3.05, 3.63) is 54.6 Å². The summed E-state index contributed by atoms with van der Waals surface area (Å²) >= 11 is 0. The Kier molecular flexibility index (Phi) is 5.46. The zero-order valence-electron chi connectivity index (χ0n) is 17.7. The number of rotatable bonds is 5. The van der Waals surface area contributed by atoms with E-state index in [2.05, 4.69) is 0 Å². The van der Waals surface area contributed by atoms with Crippen molar-refractivity contribution in [2.24, 2.45) is 17.8 Å². The van der Waals surface area contributed by atoms with Crippen LogP contribution >= 0.6 is 0 Å². The molecule has 3 atom stereocenters.